The fraction of sp³-hybridized carbons (Fsp3) is 0.455. The van der Waals surface area contributed by atoms with Crippen LogP contribution in [0.2, 0.25) is 0 Å². The number of ether oxygens (including phenoxy) is 1. The third kappa shape index (κ3) is 3.64. The van der Waals surface area contributed by atoms with Gasteiger partial charge in [-0.25, -0.2) is 0 Å². The molecule has 0 spiro atoms. The minimum Gasteiger partial charge on any atom is -0.492 e. The van der Waals surface area contributed by atoms with Gasteiger partial charge in [0.15, 0.2) is 0 Å². The van der Waals surface area contributed by atoms with Crippen molar-refractivity contribution in [2.24, 2.45) is 0 Å². The van der Waals surface area contributed by atoms with E-state index < -0.39 is 0 Å². The van der Waals surface area contributed by atoms with Crippen LogP contribution in [0.1, 0.15) is 13.8 Å². The van der Waals surface area contributed by atoms with E-state index in [0.717, 1.165) is 4.90 Å². The van der Waals surface area contributed by atoms with Crippen LogP contribution >= 0.6 is 11.8 Å². The van der Waals surface area contributed by atoms with Crippen LogP contribution in [0, 0.1) is 0 Å². The van der Waals surface area contributed by atoms with Gasteiger partial charge < -0.3 is 15.6 Å². The summed E-state index contributed by atoms with van der Waals surface area (Å²) >= 11 is 1.61. The van der Waals surface area contributed by atoms with E-state index in [-0.39, 0.29) is 11.9 Å². The molecule has 84 valence electrons. The Bertz CT molecular complexity index is 317. The van der Waals surface area contributed by atoms with Gasteiger partial charge in [0.2, 0.25) is 0 Å². The lowest BCUT2D eigenvalue weighted by Gasteiger charge is -2.11. The summed E-state index contributed by atoms with van der Waals surface area (Å²) < 4.78 is 5.39. The first-order valence-electron chi connectivity index (χ1n) is 4.97. The van der Waals surface area contributed by atoms with Gasteiger partial charge in [-0.05, 0) is 25.1 Å². The van der Waals surface area contributed by atoms with Crippen molar-refractivity contribution in [3.05, 3.63) is 18.2 Å². The highest BCUT2D eigenvalue weighted by atomic mass is 32.2. The van der Waals surface area contributed by atoms with E-state index in [1.807, 2.05) is 32.0 Å². The molecule has 1 rings (SSSR count). The number of aliphatic hydroxyl groups is 1. The molecule has 1 atom stereocenters. The van der Waals surface area contributed by atoms with Gasteiger partial charge in [-0.2, -0.15) is 0 Å². The monoisotopic (exact) mass is 227 g/mol. The van der Waals surface area contributed by atoms with Crippen LogP contribution in [0.4, 0.5) is 5.69 Å². The Labute approximate surface area is 94.6 Å². The lowest BCUT2D eigenvalue weighted by atomic mass is 10.3. The highest BCUT2D eigenvalue weighted by Crippen LogP contribution is 2.30. The van der Waals surface area contributed by atoms with Crippen molar-refractivity contribution in [1.29, 1.82) is 0 Å². The van der Waals surface area contributed by atoms with Crippen molar-refractivity contribution in [2.45, 2.75) is 24.0 Å². The summed E-state index contributed by atoms with van der Waals surface area (Å²) in [6.07, 6.45) is 0. The van der Waals surface area contributed by atoms with Gasteiger partial charge in [-0.3, -0.25) is 0 Å². The summed E-state index contributed by atoms with van der Waals surface area (Å²) in [7, 11) is 0. The van der Waals surface area contributed by atoms with E-state index in [9.17, 15) is 0 Å². The quantitative estimate of drug-likeness (QED) is 0.597. The minimum atomic E-state index is 0.166. The fourth-order valence-electron chi connectivity index (χ4n) is 1.14. The second kappa shape index (κ2) is 5.88. The van der Waals surface area contributed by atoms with Crippen LogP contribution in [-0.2, 0) is 0 Å². The Morgan fingerprint density at radius 2 is 2.27 bits per heavy atom. The largest absolute Gasteiger partial charge is 0.492 e. The van der Waals surface area contributed by atoms with E-state index in [1.54, 1.807) is 11.8 Å². The van der Waals surface area contributed by atoms with Crippen LogP contribution in [-0.4, -0.2) is 23.6 Å². The molecule has 0 heterocycles. The lowest BCUT2D eigenvalue weighted by Crippen LogP contribution is -2.02. The van der Waals surface area contributed by atoms with Crippen LogP contribution in [0.25, 0.3) is 0 Å². The normalized spacial score (nSPS) is 12.5. The Kier molecular flexibility index (Phi) is 4.78. The maximum Gasteiger partial charge on any atom is 0.143 e. The molecule has 0 saturated carbocycles. The third-order valence-corrected chi connectivity index (χ3v) is 2.96. The molecule has 0 aliphatic carbocycles. The number of hydrogen-bond donors (Lipinski definition) is 2. The molecule has 0 aromatic heterocycles. The second-order valence-corrected chi connectivity index (χ2v) is 4.76. The van der Waals surface area contributed by atoms with E-state index in [4.69, 9.17) is 15.6 Å². The first-order chi connectivity index (χ1) is 7.17. The molecule has 0 saturated heterocycles. The van der Waals surface area contributed by atoms with Crippen molar-refractivity contribution in [3.8, 4) is 5.75 Å². The molecule has 0 radical (unpaired) electrons. The molecule has 1 aromatic rings. The number of anilines is 1. The summed E-state index contributed by atoms with van der Waals surface area (Å²) in [4.78, 5) is 1.06. The van der Waals surface area contributed by atoms with Gasteiger partial charge in [0.05, 0.1) is 18.9 Å². The van der Waals surface area contributed by atoms with Crippen LogP contribution < -0.4 is 10.5 Å². The molecule has 3 N–H and O–H groups in total. The van der Waals surface area contributed by atoms with Crippen LogP contribution in [0.5, 0.6) is 5.75 Å². The first kappa shape index (κ1) is 12.2. The average Bonchev–Trinajstić information content (AvgIpc) is 2.23. The number of rotatable bonds is 5. The van der Waals surface area contributed by atoms with E-state index >= 15 is 0 Å². The van der Waals surface area contributed by atoms with Gasteiger partial charge in [0.25, 0.3) is 0 Å². The molecule has 0 fully saturated rings. The van der Waals surface area contributed by atoms with Gasteiger partial charge in [0.1, 0.15) is 5.75 Å². The number of aliphatic hydroxyl groups excluding tert-OH is 1. The lowest BCUT2D eigenvalue weighted by molar-refractivity contribution is 0.300. The highest BCUT2D eigenvalue weighted by Gasteiger charge is 2.06. The van der Waals surface area contributed by atoms with Crippen LogP contribution in [0.15, 0.2) is 23.1 Å². The molecule has 1 unspecified atom stereocenters. The highest BCUT2D eigenvalue weighted by molar-refractivity contribution is 8.00. The zero-order chi connectivity index (χ0) is 11.3. The predicted octanol–water partition coefficient (Wildman–Crippen LogP) is 2.14. The molecule has 0 bridgehead atoms. The molecule has 0 aliphatic heterocycles. The van der Waals surface area contributed by atoms with Crippen molar-refractivity contribution >= 4 is 17.4 Å². The Morgan fingerprint density at radius 3 is 2.87 bits per heavy atom. The van der Waals surface area contributed by atoms with Gasteiger partial charge in [-0.15, -0.1) is 11.8 Å². The third-order valence-electron chi connectivity index (χ3n) is 1.88. The molecular formula is C11H17NO2S. The molecule has 1 aromatic carbocycles. The van der Waals surface area contributed by atoms with Gasteiger partial charge >= 0.3 is 0 Å². The SMILES string of the molecule is CCOc1cc(SC(C)CO)ccc1N. The molecule has 15 heavy (non-hydrogen) atoms. The fourth-order valence-corrected chi connectivity index (χ4v) is 2.00. The number of thioether (sulfide) groups is 1. The zero-order valence-electron chi connectivity index (χ0n) is 9.06. The zero-order valence-corrected chi connectivity index (χ0v) is 9.88. The first-order valence-corrected chi connectivity index (χ1v) is 5.85. The van der Waals surface area contributed by atoms with E-state index in [1.165, 1.54) is 0 Å². The molecule has 0 aliphatic rings. The summed E-state index contributed by atoms with van der Waals surface area (Å²) in [5.41, 5.74) is 6.41. The summed E-state index contributed by atoms with van der Waals surface area (Å²) in [6, 6.07) is 5.68. The molecule has 3 nitrogen and oxygen atoms in total. The van der Waals surface area contributed by atoms with E-state index in [2.05, 4.69) is 0 Å². The average molecular weight is 227 g/mol. The Hall–Kier alpha value is -0.870. The Morgan fingerprint density at radius 1 is 1.53 bits per heavy atom. The van der Waals surface area contributed by atoms with Crippen molar-refractivity contribution < 1.29 is 9.84 Å². The van der Waals surface area contributed by atoms with E-state index in [0.29, 0.717) is 18.0 Å². The Balaban J connectivity index is 2.77. The number of benzene rings is 1. The summed E-state index contributed by atoms with van der Waals surface area (Å²) in [6.45, 7) is 4.67. The number of nitrogen functional groups attached to an aromatic ring is 1. The standard InChI is InChI=1S/C11H17NO2S/c1-3-14-11-6-9(4-5-10(11)12)15-8(2)7-13/h4-6,8,13H,3,7,12H2,1-2H3. The maximum atomic E-state index is 8.95. The topological polar surface area (TPSA) is 55.5 Å². The van der Waals surface area contributed by atoms with Crippen LogP contribution in [0.3, 0.4) is 0 Å². The smallest absolute Gasteiger partial charge is 0.143 e. The van der Waals surface area contributed by atoms with Crippen molar-refractivity contribution in [3.63, 3.8) is 0 Å². The van der Waals surface area contributed by atoms with Gasteiger partial charge in [-0.1, -0.05) is 6.92 Å². The summed E-state index contributed by atoms with van der Waals surface area (Å²) in [5, 5.41) is 9.13. The maximum absolute atomic E-state index is 8.95. The minimum absolute atomic E-state index is 0.166. The van der Waals surface area contributed by atoms with Crippen molar-refractivity contribution in [2.75, 3.05) is 18.9 Å². The van der Waals surface area contributed by atoms with Crippen molar-refractivity contribution in [1.82, 2.24) is 0 Å². The van der Waals surface area contributed by atoms with Gasteiger partial charge in [0, 0.05) is 10.1 Å². The number of hydrogen-bond acceptors (Lipinski definition) is 4. The second-order valence-electron chi connectivity index (χ2n) is 3.24. The molecular weight excluding hydrogens is 210 g/mol. The molecule has 0 amide bonds. The summed E-state index contributed by atoms with van der Waals surface area (Å²) in [5.74, 6) is 0.715. The predicted molar refractivity (Wildman–Crippen MR) is 64.4 cm³/mol. The molecule has 4 heteroatoms. The number of nitrogens with two attached hydrogens (primary N) is 1.